The Kier molecular flexibility index (Phi) is 9.48. The molecule has 2 aromatic carbocycles. The molecule has 0 amide bonds. The Morgan fingerprint density at radius 1 is 0.667 bits per heavy atom. The Balaban J connectivity index is 2.71. The van der Waals surface area contributed by atoms with Crippen molar-refractivity contribution in [1.82, 2.24) is 0 Å². The molecule has 2 rings (SSSR count). The van der Waals surface area contributed by atoms with Gasteiger partial charge in [0.05, 0.1) is 0 Å². The van der Waals surface area contributed by atoms with Gasteiger partial charge < -0.3 is 0 Å². The fourth-order valence-corrected chi connectivity index (χ4v) is 10.2. The van der Waals surface area contributed by atoms with Gasteiger partial charge in [0.1, 0.15) is 0 Å². The SMILES string of the molecule is CCCCC(OC)[PH](c1ccccc1)(c1ccccc1)C(CCCC)OC. The van der Waals surface area contributed by atoms with E-state index in [0.29, 0.717) is 0 Å². The van der Waals surface area contributed by atoms with Crippen molar-refractivity contribution < 1.29 is 9.47 Å². The van der Waals surface area contributed by atoms with Gasteiger partial charge in [-0.15, -0.1) is 0 Å². The fraction of sp³-hybridized carbons (Fsp3) is 0.500. The molecule has 3 heteroatoms. The zero-order chi connectivity index (χ0) is 19.5. The average molecular weight is 389 g/mol. The van der Waals surface area contributed by atoms with Gasteiger partial charge in [-0.1, -0.05) is 0 Å². The second-order valence-electron chi connectivity index (χ2n) is 7.33. The van der Waals surface area contributed by atoms with Gasteiger partial charge in [-0.2, -0.15) is 0 Å². The summed E-state index contributed by atoms with van der Waals surface area (Å²) in [4.78, 5) is 0. The maximum absolute atomic E-state index is 6.27. The van der Waals surface area contributed by atoms with E-state index in [4.69, 9.17) is 9.47 Å². The first-order chi connectivity index (χ1) is 13.2. The molecule has 0 saturated heterocycles. The van der Waals surface area contributed by atoms with Crippen LogP contribution in [0.15, 0.2) is 60.7 Å². The summed E-state index contributed by atoms with van der Waals surface area (Å²) in [5, 5.41) is 2.84. The van der Waals surface area contributed by atoms with Crippen LogP contribution in [0.5, 0.6) is 0 Å². The molecule has 0 aliphatic carbocycles. The van der Waals surface area contributed by atoms with Crippen LogP contribution in [0.25, 0.3) is 0 Å². The average Bonchev–Trinajstić information content (AvgIpc) is 2.74. The third kappa shape index (κ3) is 4.99. The molecule has 0 spiro atoms. The summed E-state index contributed by atoms with van der Waals surface area (Å²) in [6.07, 6.45) is 6.87. The van der Waals surface area contributed by atoms with Crippen molar-refractivity contribution >= 4 is 17.9 Å². The summed E-state index contributed by atoms with van der Waals surface area (Å²) in [5.41, 5.74) is 0. The number of hydrogen-bond acceptors (Lipinski definition) is 2. The minimum absolute atomic E-state index is 0.198. The summed E-state index contributed by atoms with van der Waals surface area (Å²) in [6, 6.07) is 22.1. The number of rotatable bonds is 12. The Hall–Kier alpha value is -1.21. The van der Waals surface area contributed by atoms with E-state index in [2.05, 4.69) is 74.5 Å². The van der Waals surface area contributed by atoms with Crippen LogP contribution >= 0.6 is 7.26 Å². The summed E-state index contributed by atoms with van der Waals surface area (Å²) in [5.74, 6) is 0.396. The van der Waals surface area contributed by atoms with Gasteiger partial charge in [-0.05, 0) is 0 Å². The number of unbranched alkanes of at least 4 members (excludes halogenated alkanes) is 2. The van der Waals surface area contributed by atoms with Crippen LogP contribution in [0, 0.1) is 0 Å². The zero-order valence-electron chi connectivity index (χ0n) is 17.5. The van der Waals surface area contributed by atoms with Gasteiger partial charge in [0.15, 0.2) is 0 Å². The van der Waals surface area contributed by atoms with Crippen LogP contribution in [0.1, 0.15) is 52.4 Å². The molecule has 0 radical (unpaired) electrons. The van der Waals surface area contributed by atoms with Crippen molar-refractivity contribution in [3.8, 4) is 0 Å². The van der Waals surface area contributed by atoms with E-state index in [1.54, 1.807) is 0 Å². The van der Waals surface area contributed by atoms with Crippen molar-refractivity contribution in [3.05, 3.63) is 60.7 Å². The molecular formula is C24H37O2P. The monoisotopic (exact) mass is 388 g/mol. The van der Waals surface area contributed by atoms with Crippen LogP contribution in [-0.4, -0.2) is 25.9 Å². The predicted molar refractivity (Wildman–Crippen MR) is 121 cm³/mol. The van der Waals surface area contributed by atoms with Crippen LogP contribution in [0.3, 0.4) is 0 Å². The van der Waals surface area contributed by atoms with Crippen molar-refractivity contribution in [2.75, 3.05) is 14.2 Å². The second kappa shape index (κ2) is 11.6. The van der Waals surface area contributed by atoms with Gasteiger partial charge in [0.25, 0.3) is 0 Å². The quantitative estimate of drug-likeness (QED) is 0.433. The third-order valence-corrected chi connectivity index (χ3v) is 11.4. The topological polar surface area (TPSA) is 18.5 Å². The molecule has 150 valence electrons. The molecular weight excluding hydrogens is 351 g/mol. The predicted octanol–water partition coefficient (Wildman–Crippen LogP) is 5.71. The van der Waals surface area contributed by atoms with Crippen LogP contribution in [-0.2, 0) is 9.47 Å². The number of hydrogen-bond donors (Lipinski definition) is 0. The van der Waals surface area contributed by atoms with Crippen LogP contribution in [0.4, 0.5) is 0 Å². The number of ether oxygens (including phenoxy) is 2. The molecule has 0 aliphatic heterocycles. The van der Waals surface area contributed by atoms with E-state index in [-0.39, 0.29) is 11.7 Å². The first-order valence-corrected chi connectivity index (χ1v) is 12.6. The molecule has 27 heavy (non-hydrogen) atoms. The minimum atomic E-state index is -2.33. The van der Waals surface area contributed by atoms with E-state index in [1.807, 2.05) is 14.2 Å². The third-order valence-electron chi connectivity index (χ3n) is 5.73. The number of methoxy groups -OCH3 is 2. The molecule has 0 heterocycles. The zero-order valence-corrected chi connectivity index (χ0v) is 18.5. The molecule has 2 aromatic rings. The standard InChI is InChI=1S/C24H37O2P/c1-5-7-19-23(25-3)27(21-15-11-9-12-16-21,22-17-13-10-14-18-22)24(26-4)20-8-6-2/h9-18,23-24,27H,5-8,19-20H2,1-4H3. The molecule has 0 N–H and O–H groups in total. The summed E-state index contributed by atoms with van der Waals surface area (Å²) >= 11 is 0. The van der Waals surface area contributed by atoms with Crippen molar-refractivity contribution in [3.63, 3.8) is 0 Å². The van der Waals surface area contributed by atoms with Crippen LogP contribution < -0.4 is 10.6 Å². The molecule has 0 fully saturated rings. The van der Waals surface area contributed by atoms with E-state index in [0.717, 1.165) is 12.8 Å². The molecule has 0 aliphatic rings. The van der Waals surface area contributed by atoms with Gasteiger partial charge in [0.2, 0.25) is 0 Å². The van der Waals surface area contributed by atoms with Crippen molar-refractivity contribution in [2.24, 2.45) is 0 Å². The normalized spacial score (nSPS) is 14.7. The molecule has 0 aromatic heterocycles. The van der Waals surface area contributed by atoms with E-state index in [1.165, 1.54) is 36.3 Å². The maximum atomic E-state index is 6.27. The van der Waals surface area contributed by atoms with Gasteiger partial charge >= 0.3 is 166 Å². The summed E-state index contributed by atoms with van der Waals surface area (Å²) < 4.78 is 12.5. The van der Waals surface area contributed by atoms with Gasteiger partial charge in [-0.3, -0.25) is 0 Å². The number of benzene rings is 2. The summed E-state index contributed by atoms with van der Waals surface area (Å²) in [6.45, 7) is 4.51. The van der Waals surface area contributed by atoms with E-state index >= 15 is 0 Å². The molecule has 0 saturated carbocycles. The van der Waals surface area contributed by atoms with Crippen molar-refractivity contribution in [1.29, 1.82) is 0 Å². The van der Waals surface area contributed by atoms with Crippen LogP contribution in [0.2, 0.25) is 0 Å². The first-order valence-electron chi connectivity index (χ1n) is 10.4. The Labute approximate surface area is 166 Å². The van der Waals surface area contributed by atoms with E-state index < -0.39 is 7.26 Å². The molecule has 0 bridgehead atoms. The van der Waals surface area contributed by atoms with E-state index in [9.17, 15) is 0 Å². The molecule has 2 atom stereocenters. The fourth-order valence-electron chi connectivity index (χ4n) is 4.39. The molecule has 2 unspecified atom stereocenters. The Morgan fingerprint density at radius 2 is 1.04 bits per heavy atom. The Morgan fingerprint density at radius 3 is 1.33 bits per heavy atom. The summed E-state index contributed by atoms with van der Waals surface area (Å²) in [7, 11) is 1.45. The van der Waals surface area contributed by atoms with Gasteiger partial charge in [-0.25, -0.2) is 0 Å². The molecule has 2 nitrogen and oxygen atoms in total. The van der Waals surface area contributed by atoms with Crippen molar-refractivity contribution in [2.45, 2.75) is 64.1 Å². The van der Waals surface area contributed by atoms with Gasteiger partial charge in [0, 0.05) is 0 Å². The Bertz CT molecular complexity index is 572. The first kappa shape index (κ1) is 22.1. The second-order valence-corrected chi connectivity index (χ2v) is 11.5.